The zero-order valence-corrected chi connectivity index (χ0v) is 13.4. The number of aromatic nitrogens is 1. The van der Waals surface area contributed by atoms with Crippen LogP contribution >= 0.6 is 0 Å². The van der Waals surface area contributed by atoms with Gasteiger partial charge in [-0.25, -0.2) is 17.2 Å². The van der Waals surface area contributed by atoms with E-state index in [0.717, 1.165) is 18.3 Å². The molecule has 0 fully saturated rings. The third-order valence-corrected chi connectivity index (χ3v) is 5.59. The summed E-state index contributed by atoms with van der Waals surface area (Å²) in [6.07, 6.45) is -3.88. The highest BCUT2D eigenvalue weighted by Crippen LogP contribution is 2.38. The first-order valence-corrected chi connectivity index (χ1v) is 8.80. The van der Waals surface area contributed by atoms with Crippen LogP contribution in [0.25, 0.3) is 0 Å². The Balaban J connectivity index is 1.89. The number of sulfonamides is 1. The van der Waals surface area contributed by atoms with Crippen molar-refractivity contribution >= 4 is 15.7 Å². The minimum atomic E-state index is -4.35. The molecule has 1 aliphatic carbocycles. The van der Waals surface area contributed by atoms with Gasteiger partial charge in [-0.2, -0.15) is 13.2 Å². The number of hydrogen-bond donors (Lipinski definition) is 2. The SMILES string of the molecule is O=S(=O)(Nc1ccc(F)cc1F)c1c[nH]c2c1CCC(C(F)(F)F)C2. The second-order valence-corrected chi connectivity index (χ2v) is 7.47. The van der Waals surface area contributed by atoms with E-state index in [1.807, 2.05) is 4.72 Å². The molecule has 136 valence electrons. The average molecular weight is 380 g/mol. The summed E-state index contributed by atoms with van der Waals surface area (Å²) >= 11 is 0. The number of anilines is 1. The summed E-state index contributed by atoms with van der Waals surface area (Å²) in [5.74, 6) is -3.49. The zero-order valence-electron chi connectivity index (χ0n) is 12.6. The molecular formula is C15H13F5N2O2S. The van der Waals surface area contributed by atoms with Crippen LogP contribution in [0, 0.1) is 17.6 Å². The molecule has 2 aromatic rings. The number of benzene rings is 1. The molecule has 1 heterocycles. The van der Waals surface area contributed by atoms with E-state index in [1.165, 1.54) is 0 Å². The van der Waals surface area contributed by atoms with Crippen molar-refractivity contribution < 1.29 is 30.4 Å². The van der Waals surface area contributed by atoms with Gasteiger partial charge in [-0.15, -0.1) is 0 Å². The van der Waals surface area contributed by atoms with Crippen LogP contribution in [0.15, 0.2) is 29.3 Å². The summed E-state index contributed by atoms with van der Waals surface area (Å²) in [5, 5.41) is 0. The Kier molecular flexibility index (Phi) is 4.26. The fourth-order valence-electron chi connectivity index (χ4n) is 2.89. The average Bonchev–Trinajstić information content (AvgIpc) is 2.93. The Morgan fingerprint density at radius 3 is 2.56 bits per heavy atom. The summed E-state index contributed by atoms with van der Waals surface area (Å²) in [6, 6.07) is 2.35. The maximum absolute atomic E-state index is 13.6. The van der Waals surface area contributed by atoms with Gasteiger partial charge < -0.3 is 4.98 Å². The van der Waals surface area contributed by atoms with Crippen LogP contribution in [0.4, 0.5) is 27.6 Å². The topological polar surface area (TPSA) is 62.0 Å². The Bertz CT molecular complexity index is 905. The largest absolute Gasteiger partial charge is 0.392 e. The maximum atomic E-state index is 13.6. The van der Waals surface area contributed by atoms with Crippen LogP contribution in [0.5, 0.6) is 0 Å². The number of hydrogen-bond acceptors (Lipinski definition) is 2. The van der Waals surface area contributed by atoms with Crippen molar-refractivity contribution in [3.8, 4) is 0 Å². The van der Waals surface area contributed by atoms with Crippen LogP contribution in [-0.4, -0.2) is 19.6 Å². The van der Waals surface area contributed by atoms with Gasteiger partial charge in [-0.1, -0.05) is 0 Å². The number of aromatic amines is 1. The van der Waals surface area contributed by atoms with E-state index in [-0.39, 0.29) is 35.4 Å². The summed E-state index contributed by atoms with van der Waals surface area (Å²) < 4.78 is 91.9. The standard InChI is InChI=1S/C15H13F5N2O2S/c16-9-2-4-12(11(17)6-9)22-25(23,24)14-7-21-13-5-8(15(18,19)20)1-3-10(13)14/h2,4,6-8,21-22H,1,3,5H2. The lowest BCUT2D eigenvalue weighted by atomic mass is 9.87. The molecule has 25 heavy (non-hydrogen) atoms. The molecule has 0 spiro atoms. The molecule has 10 heteroatoms. The molecule has 4 nitrogen and oxygen atoms in total. The van der Waals surface area contributed by atoms with Crippen molar-refractivity contribution in [3.05, 3.63) is 47.3 Å². The van der Waals surface area contributed by atoms with E-state index in [2.05, 4.69) is 4.98 Å². The fourth-order valence-corrected chi connectivity index (χ4v) is 4.22. The van der Waals surface area contributed by atoms with Gasteiger partial charge in [-0.05, 0) is 37.0 Å². The number of halogens is 5. The van der Waals surface area contributed by atoms with E-state index >= 15 is 0 Å². The summed E-state index contributed by atoms with van der Waals surface area (Å²) in [7, 11) is -4.22. The van der Waals surface area contributed by atoms with Gasteiger partial charge >= 0.3 is 6.18 Å². The molecule has 1 unspecified atom stereocenters. The second-order valence-electron chi connectivity index (χ2n) is 5.82. The number of alkyl halides is 3. The van der Waals surface area contributed by atoms with Crippen molar-refractivity contribution in [2.24, 2.45) is 5.92 Å². The van der Waals surface area contributed by atoms with Gasteiger partial charge in [0.2, 0.25) is 0 Å². The van der Waals surface area contributed by atoms with E-state index in [4.69, 9.17) is 0 Å². The molecule has 0 amide bonds. The van der Waals surface area contributed by atoms with Crippen LogP contribution in [-0.2, 0) is 22.9 Å². The van der Waals surface area contributed by atoms with Crippen molar-refractivity contribution in [3.63, 3.8) is 0 Å². The molecule has 1 aromatic heterocycles. The van der Waals surface area contributed by atoms with Gasteiger partial charge in [0.1, 0.15) is 16.5 Å². The quantitative estimate of drug-likeness (QED) is 0.797. The van der Waals surface area contributed by atoms with E-state index < -0.39 is 39.4 Å². The third kappa shape index (κ3) is 3.48. The molecule has 2 N–H and O–H groups in total. The highest BCUT2D eigenvalue weighted by molar-refractivity contribution is 7.92. The number of rotatable bonds is 3. The van der Waals surface area contributed by atoms with Gasteiger partial charge in [0.05, 0.1) is 11.6 Å². The molecule has 0 bridgehead atoms. The Morgan fingerprint density at radius 2 is 1.92 bits per heavy atom. The highest BCUT2D eigenvalue weighted by atomic mass is 32.2. The predicted molar refractivity (Wildman–Crippen MR) is 79.5 cm³/mol. The maximum Gasteiger partial charge on any atom is 0.392 e. The molecule has 0 aliphatic heterocycles. The van der Waals surface area contributed by atoms with Crippen LogP contribution in [0.3, 0.4) is 0 Å². The minimum Gasteiger partial charge on any atom is -0.363 e. The number of nitrogens with one attached hydrogen (secondary N) is 2. The van der Waals surface area contributed by atoms with Crippen LogP contribution in [0.1, 0.15) is 17.7 Å². The Labute approximate surface area is 140 Å². The summed E-state index contributed by atoms with van der Waals surface area (Å²) in [6.45, 7) is 0. The zero-order chi connectivity index (χ0) is 18.4. The van der Waals surface area contributed by atoms with Gasteiger partial charge in [-0.3, -0.25) is 4.72 Å². The molecule has 0 saturated carbocycles. The minimum absolute atomic E-state index is 0.0643. The van der Waals surface area contributed by atoms with E-state index in [1.54, 1.807) is 0 Å². The predicted octanol–water partition coefficient (Wildman–Crippen LogP) is 3.76. The molecule has 3 rings (SSSR count). The Hall–Kier alpha value is -2.10. The lowest BCUT2D eigenvalue weighted by Crippen LogP contribution is -2.29. The molecule has 1 aliphatic rings. The van der Waals surface area contributed by atoms with Crippen LogP contribution in [0.2, 0.25) is 0 Å². The fraction of sp³-hybridized carbons (Fsp3) is 0.333. The molecule has 0 radical (unpaired) electrons. The lowest BCUT2D eigenvalue weighted by Gasteiger charge is -2.25. The molecule has 0 saturated heterocycles. The van der Waals surface area contributed by atoms with Gasteiger partial charge in [0.15, 0.2) is 0 Å². The van der Waals surface area contributed by atoms with Crippen LogP contribution < -0.4 is 4.72 Å². The number of fused-ring (bicyclic) bond motifs is 1. The summed E-state index contributed by atoms with van der Waals surface area (Å²) in [4.78, 5) is 2.34. The first kappa shape index (κ1) is 17.7. The summed E-state index contributed by atoms with van der Waals surface area (Å²) in [5.41, 5.74) is 0.0179. The number of H-pyrrole nitrogens is 1. The van der Waals surface area contributed by atoms with E-state index in [0.29, 0.717) is 6.07 Å². The van der Waals surface area contributed by atoms with Crippen molar-refractivity contribution in [2.45, 2.75) is 30.3 Å². The van der Waals surface area contributed by atoms with Gasteiger partial charge in [0.25, 0.3) is 10.0 Å². The smallest absolute Gasteiger partial charge is 0.363 e. The van der Waals surface area contributed by atoms with Crippen molar-refractivity contribution in [1.82, 2.24) is 4.98 Å². The second kappa shape index (κ2) is 6.01. The monoisotopic (exact) mass is 380 g/mol. The molecule has 1 atom stereocenters. The van der Waals surface area contributed by atoms with Gasteiger partial charge in [0, 0.05) is 18.0 Å². The lowest BCUT2D eigenvalue weighted by molar-refractivity contribution is -0.177. The normalized spacial score (nSPS) is 18.0. The third-order valence-electron chi connectivity index (χ3n) is 4.16. The highest BCUT2D eigenvalue weighted by Gasteiger charge is 2.42. The van der Waals surface area contributed by atoms with Crippen molar-refractivity contribution in [1.29, 1.82) is 0 Å². The van der Waals surface area contributed by atoms with E-state index in [9.17, 15) is 30.4 Å². The first-order chi connectivity index (χ1) is 11.6. The van der Waals surface area contributed by atoms with Crippen molar-refractivity contribution in [2.75, 3.05) is 4.72 Å². The Morgan fingerprint density at radius 1 is 1.20 bits per heavy atom. The molecule has 1 aromatic carbocycles. The molecular weight excluding hydrogens is 367 g/mol. The first-order valence-electron chi connectivity index (χ1n) is 7.31.